The first-order valence-electron chi connectivity index (χ1n) is 8.52. The highest BCUT2D eigenvalue weighted by atomic mass is 32.2. The maximum absolute atomic E-state index is 12.9. The van der Waals surface area contributed by atoms with Gasteiger partial charge in [0.05, 0.1) is 16.1 Å². The summed E-state index contributed by atoms with van der Waals surface area (Å²) in [5.41, 5.74) is 7.99. The van der Waals surface area contributed by atoms with E-state index in [1.54, 1.807) is 48.2 Å². The number of sulfonamides is 1. The number of benzene rings is 2. The van der Waals surface area contributed by atoms with Crippen LogP contribution in [0.1, 0.15) is 27.9 Å². The zero-order chi connectivity index (χ0) is 18.9. The van der Waals surface area contributed by atoms with E-state index < -0.39 is 10.0 Å². The van der Waals surface area contributed by atoms with Crippen LogP contribution in [-0.4, -0.2) is 38.4 Å². The molecule has 0 radical (unpaired) electrons. The largest absolute Gasteiger partial charge is 0.337 e. The van der Waals surface area contributed by atoms with Gasteiger partial charge in [0.25, 0.3) is 15.9 Å². The van der Waals surface area contributed by atoms with Crippen LogP contribution in [0.5, 0.6) is 0 Å². The maximum Gasteiger partial charge on any atom is 0.262 e. The third-order valence-corrected chi connectivity index (χ3v) is 6.05. The lowest BCUT2D eigenvalue weighted by atomic mass is 10.1. The number of carbonyl (C=O) groups excluding carboxylic acids is 1. The van der Waals surface area contributed by atoms with E-state index in [9.17, 15) is 13.2 Å². The van der Waals surface area contributed by atoms with Crippen molar-refractivity contribution in [3.05, 3.63) is 59.2 Å². The number of aryl methyl sites for hydroxylation is 2. The van der Waals surface area contributed by atoms with E-state index in [1.807, 2.05) is 13.0 Å². The molecule has 1 fully saturated rings. The second kappa shape index (κ2) is 7.09. The third kappa shape index (κ3) is 3.73. The van der Waals surface area contributed by atoms with Gasteiger partial charge in [0.2, 0.25) is 0 Å². The summed E-state index contributed by atoms with van der Waals surface area (Å²) in [5, 5.41) is 0. The highest BCUT2D eigenvalue weighted by molar-refractivity contribution is 7.92. The van der Waals surface area contributed by atoms with Gasteiger partial charge in [-0.2, -0.15) is 0 Å². The third-order valence-electron chi connectivity index (χ3n) is 4.55. The van der Waals surface area contributed by atoms with Crippen LogP contribution < -0.4 is 10.5 Å². The zero-order valence-electron chi connectivity index (χ0n) is 14.9. The molecule has 3 N–H and O–H groups in total. The molecule has 26 heavy (non-hydrogen) atoms. The Morgan fingerprint density at radius 3 is 2.62 bits per heavy atom. The van der Waals surface area contributed by atoms with Gasteiger partial charge in [0.1, 0.15) is 0 Å². The molecule has 0 spiro atoms. The number of rotatable bonds is 4. The van der Waals surface area contributed by atoms with Crippen LogP contribution in [0, 0.1) is 13.8 Å². The first-order chi connectivity index (χ1) is 12.3. The van der Waals surface area contributed by atoms with Crippen molar-refractivity contribution in [3.63, 3.8) is 0 Å². The Morgan fingerprint density at radius 2 is 1.92 bits per heavy atom. The molecule has 1 atom stereocenters. The lowest BCUT2D eigenvalue weighted by Crippen LogP contribution is -2.32. The first kappa shape index (κ1) is 18.4. The molecule has 1 aliphatic rings. The van der Waals surface area contributed by atoms with Crippen LogP contribution in [-0.2, 0) is 10.0 Å². The number of likely N-dealkylation sites (tertiary alicyclic amines) is 1. The highest BCUT2D eigenvalue weighted by Gasteiger charge is 2.27. The molecule has 7 heteroatoms. The maximum atomic E-state index is 12.9. The molecule has 1 aliphatic heterocycles. The molecule has 2 aromatic carbocycles. The second-order valence-electron chi connectivity index (χ2n) is 6.72. The van der Waals surface area contributed by atoms with E-state index in [4.69, 9.17) is 5.73 Å². The normalized spacial score (nSPS) is 17.3. The number of hydrogen-bond acceptors (Lipinski definition) is 4. The van der Waals surface area contributed by atoms with Crippen LogP contribution in [0.3, 0.4) is 0 Å². The Bertz CT molecular complexity index is 941. The summed E-state index contributed by atoms with van der Waals surface area (Å²) in [4.78, 5) is 14.7. The van der Waals surface area contributed by atoms with Crippen molar-refractivity contribution in [1.82, 2.24) is 4.90 Å². The second-order valence-corrected chi connectivity index (χ2v) is 8.37. The molecule has 1 saturated heterocycles. The van der Waals surface area contributed by atoms with Crippen molar-refractivity contribution < 1.29 is 13.2 Å². The van der Waals surface area contributed by atoms with Gasteiger partial charge in [-0.15, -0.1) is 0 Å². The average molecular weight is 373 g/mol. The standard InChI is InChI=1S/C19H23N3O3S/c1-13-7-8-14(2)18(11-13)26(24,25)21-17-6-4-3-5-16(17)19(23)22-10-9-15(20)12-22/h3-8,11,15,21H,9-10,12,20H2,1-2H3/t15-/m1/s1. The Balaban J connectivity index is 1.93. The first-order valence-corrected chi connectivity index (χ1v) is 10.0. The fourth-order valence-corrected chi connectivity index (χ4v) is 4.51. The molecular weight excluding hydrogens is 350 g/mol. The minimum atomic E-state index is -3.80. The SMILES string of the molecule is Cc1ccc(C)c(S(=O)(=O)Nc2ccccc2C(=O)N2CC[C@@H](N)C2)c1. The van der Waals surface area contributed by atoms with Crippen molar-refractivity contribution >= 4 is 21.6 Å². The Morgan fingerprint density at radius 1 is 1.19 bits per heavy atom. The molecule has 0 aromatic heterocycles. The van der Waals surface area contributed by atoms with Crippen molar-refractivity contribution in [2.24, 2.45) is 5.73 Å². The molecule has 6 nitrogen and oxygen atoms in total. The monoisotopic (exact) mass is 373 g/mol. The van der Waals surface area contributed by atoms with Gasteiger partial charge in [0, 0.05) is 19.1 Å². The van der Waals surface area contributed by atoms with Gasteiger partial charge in [0.15, 0.2) is 0 Å². The van der Waals surface area contributed by atoms with Gasteiger partial charge in [-0.3, -0.25) is 9.52 Å². The summed E-state index contributed by atoms with van der Waals surface area (Å²) in [6.07, 6.45) is 0.752. The fraction of sp³-hybridized carbons (Fsp3) is 0.316. The number of para-hydroxylation sites is 1. The van der Waals surface area contributed by atoms with Crippen LogP contribution in [0.4, 0.5) is 5.69 Å². The van der Waals surface area contributed by atoms with Crippen LogP contribution in [0.2, 0.25) is 0 Å². The molecule has 0 saturated carbocycles. The molecule has 3 rings (SSSR count). The zero-order valence-corrected chi connectivity index (χ0v) is 15.7. The van der Waals surface area contributed by atoms with Crippen molar-refractivity contribution in [3.8, 4) is 0 Å². The summed E-state index contributed by atoms with van der Waals surface area (Å²) in [7, 11) is -3.80. The van der Waals surface area contributed by atoms with Gasteiger partial charge < -0.3 is 10.6 Å². The van der Waals surface area contributed by atoms with E-state index >= 15 is 0 Å². The van der Waals surface area contributed by atoms with Crippen LogP contribution >= 0.6 is 0 Å². The quantitative estimate of drug-likeness (QED) is 0.860. The lowest BCUT2D eigenvalue weighted by Gasteiger charge is -2.19. The van der Waals surface area contributed by atoms with Crippen LogP contribution in [0.15, 0.2) is 47.4 Å². The number of hydrogen-bond donors (Lipinski definition) is 2. The number of anilines is 1. The predicted octanol–water partition coefficient (Wildman–Crippen LogP) is 2.28. The molecule has 1 amide bonds. The van der Waals surface area contributed by atoms with E-state index in [0.717, 1.165) is 12.0 Å². The average Bonchev–Trinajstić information content (AvgIpc) is 3.03. The van der Waals surface area contributed by atoms with Crippen molar-refractivity contribution in [2.45, 2.75) is 31.2 Å². The van der Waals surface area contributed by atoms with Gasteiger partial charge in [-0.05, 0) is 49.6 Å². The number of nitrogens with one attached hydrogen (secondary N) is 1. The molecule has 1 heterocycles. The topological polar surface area (TPSA) is 92.5 Å². The summed E-state index contributed by atoms with van der Waals surface area (Å²) >= 11 is 0. The van der Waals surface area contributed by atoms with Gasteiger partial charge >= 0.3 is 0 Å². The Labute approximate surface area is 154 Å². The minimum Gasteiger partial charge on any atom is -0.337 e. The van der Waals surface area contributed by atoms with E-state index in [0.29, 0.717) is 24.2 Å². The smallest absolute Gasteiger partial charge is 0.262 e. The molecular formula is C19H23N3O3S. The van der Waals surface area contributed by atoms with Gasteiger partial charge in [-0.1, -0.05) is 24.3 Å². The predicted molar refractivity (Wildman–Crippen MR) is 102 cm³/mol. The van der Waals surface area contributed by atoms with E-state index in [-0.39, 0.29) is 22.5 Å². The lowest BCUT2D eigenvalue weighted by molar-refractivity contribution is 0.0792. The van der Waals surface area contributed by atoms with E-state index in [1.165, 1.54) is 0 Å². The summed E-state index contributed by atoms with van der Waals surface area (Å²) in [6.45, 7) is 4.65. The van der Waals surface area contributed by atoms with Crippen LogP contribution in [0.25, 0.3) is 0 Å². The number of carbonyl (C=O) groups is 1. The van der Waals surface area contributed by atoms with Gasteiger partial charge in [-0.25, -0.2) is 8.42 Å². The Kier molecular flexibility index (Phi) is 5.02. The van der Waals surface area contributed by atoms with E-state index in [2.05, 4.69) is 4.72 Å². The molecule has 2 aromatic rings. The fourth-order valence-electron chi connectivity index (χ4n) is 3.10. The molecule has 0 bridgehead atoms. The minimum absolute atomic E-state index is 0.0299. The molecule has 0 unspecified atom stereocenters. The summed E-state index contributed by atoms with van der Waals surface area (Å²) in [5.74, 6) is -0.211. The summed E-state index contributed by atoms with van der Waals surface area (Å²) < 4.78 is 28.3. The molecule has 0 aliphatic carbocycles. The highest BCUT2D eigenvalue weighted by Crippen LogP contribution is 2.25. The number of nitrogens with two attached hydrogens (primary N) is 1. The van der Waals surface area contributed by atoms with Crippen molar-refractivity contribution in [1.29, 1.82) is 0 Å². The molecule has 138 valence electrons. The Hall–Kier alpha value is -2.38. The number of nitrogens with zero attached hydrogens (tertiary/aromatic N) is 1. The summed E-state index contributed by atoms with van der Waals surface area (Å²) in [6, 6.07) is 11.9. The van der Waals surface area contributed by atoms with Crippen molar-refractivity contribution in [2.75, 3.05) is 17.8 Å². The number of amides is 1.